The Morgan fingerprint density at radius 1 is 1.20 bits per heavy atom. The number of rotatable bonds is 3. The van der Waals surface area contributed by atoms with E-state index in [2.05, 4.69) is 0 Å². The molecule has 1 aromatic rings. The molecular weight excluding hydrogens is 261 g/mol. The molecule has 0 aromatic heterocycles. The van der Waals surface area contributed by atoms with E-state index in [4.69, 9.17) is 9.31 Å². The molecule has 2 rings (SSSR count). The predicted molar refractivity (Wildman–Crippen MR) is 74.2 cm³/mol. The summed E-state index contributed by atoms with van der Waals surface area (Å²) in [6.07, 6.45) is 0.464. The Morgan fingerprint density at radius 2 is 1.75 bits per heavy atom. The normalized spacial score (nSPS) is 19.9. The molecule has 1 saturated heterocycles. The van der Waals surface area contributed by atoms with Gasteiger partial charge in [0.1, 0.15) is 0 Å². The van der Waals surface area contributed by atoms with Gasteiger partial charge in [0, 0.05) is 6.07 Å². The highest BCUT2D eigenvalue weighted by atomic mass is 16.7. The van der Waals surface area contributed by atoms with Crippen molar-refractivity contribution in [3.63, 3.8) is 0 Å². The van der Waals surface area contributed by atoms with Gasteiger partial charge in [-0.05, 0) is 39.2 Å². The van der Waals surface area contributed by atoms with E-state index in [0.29, 0.717) is 11.7 Å². The molecule has 1 aliphatic rings. The largest absolute Gasteiger partial charge is 0.495 e. The molecule has 0 N–H and O–H groups in total. The van der Waals surface area contributed by atoms with Crippen LogP contribution in [0.3, 0.4) is 0 Å². The number of aldehydes is 1. The molecule has 0 amide bonds. The van der Waals surface area contributed by atoms with E-state index >= 15 is 0 Å². The zero-order valence-corrected chi connectivity index (χ0v) is 11.9. The van der Waals surface area contributed by atoms with Crippen LogP contribution in [-0.4, -0.2) is 29.5 Å². The van der Waals surface area contributed by atoms with E-state index in [1.54, 1.807) is 6.07 Å². The lowest BCUT2D eigenvalue weighted by Crippen LogP contribution is -2.41. The third kappa shape index (κ3) is 2.34. The molecule has 1 aromatic carbocycles. The summed E-state index contributed by atoms with van der Waals surface area (Å²) in [6, 6.07) is 4.34. The minimum absolute atomic E-state index is 0.0373. The monoisotopic (exact) mass is 277 g/mol. The number of hydrogen-bond acceptors (Lipinski definition) is 5. The first-order chi connectivity index (χ1) is 9.18. The summed E-state index contributed by atoms with van der Waals surface area (Å²) in [7, 11) is -0.681. The summed E-state index contributed by atoms with van der Waals surface area (Å²) < 4.78 is 11.7. The Labute approximate surface area is 117 Å². The average Bonchev–Trinajstić information content (AvgIpc) is 2.57. The van der Waals surface area contributed by atoms with Crippen molar-refractivity contribution in [2.75, 3.05) is 0 Å². The Balaban J connectivity index is 2.39. The van der Waals surface area contributed by atoms with Gasteiger partial charge in [-0.3, -0.25) is 14.9 Å². The van der Waals surface area contributed by atoms with Gasteiger partial charge in [0.05, 0.1) is 21.7 Å². The van der Waals surface area contributed by atoms with Crippen LogP contribution >= 0.6 is 0 Å². The number of nitrogens with zero attached hydrogens (tertiary/aromatic N) is 1. The third-order valence-corrected chi connectivity index (χ3v) is 3.90. The molecule has 0 radical (unpaired) electrons. The van der Waals surface area contributed by atoms with Crippen LogP contribution in [0.1, 0.15) is 38.1 Å². The van der Waals surface area contributed by atoms with E-state index in [9.17, 15) is 14.9 Å². The quantitative estimate of drug-likeness (QED) is 0.363. The van der Waals surface area contributed by atoms with E-state index in [-0.39, 0.29) is 11.3 Å². The Morgan fingerprint density at radius 3 is 2.20 bits per heavy atom. The molecule has 20 heavy (non-hydrogen) atoms. The molecule has 7 heteroatoms. The Bertz CT molecular complexity index is 554. The van der Waals surface area contributed by atoms with Crippen molar-refractivity contribution in [1.82, 2.24) is 0 Å². The molecule has 0 spiro atoms. The van der Waals surface area contributed by atoms with Crippen LogP contribution in [0.15, 0.2) is 18.2 Å². The molecule has 0 saturated carbocycles. The highest BCUT2D eigenvalue weighted by Gasteiger charge is 2.51. The fourth-order valence-electron chi connectivity index (χ4n) is 1.94. The van der Waals surface area contributed by atoms with Crippen LogP contribution in [0.25, 0.3) is 0 Å². The van der Waals surface area contributed by atoms with Gasteiger partial charge in [0.25, 0.3) is 5.69 Å². The summed E-state index contributed by atoms with van der Waals surface area (Å²) in [5, 5.41) is 11.0. The number of nitro groups is 1. The van der Waals surface area contributed by atoms with Crippen molar-refractivity contribution in [1.29, 1.82) is 0 Å². The molecule has 0 atom stereocenters. The molecule has 106 valence electrons. The minimum atomic E-state index is -0.681. The van der Waals surface area contributed by atoms with Crippen molar-refractivity contribution in [2.24, 2.45) is 0 Å². The lowest BCUT2D eigenvalue weighted by molar-refractivity contribution is -0.385. The van der Waals surface area contributed by atoms with Gasteiger partial charge < -0.3 is 9.31 Å². The summed E-state index contributed by atoms with van der Waals surface area (Å²) in [5.41, 5.74) is -0.714. The van der Waals surface area contributed by atoms with Gasteiger partial charge in [0.2, 0.25) is 0 Å². The summed E-state index contributed by atoms with van der Waals surface area (Å²) >= 11 is 0. The molecule has 0 unspecified atom stereocenters. The van der Waals surface area contributed by atoms with Gasteiger partial charge >= 0.3 is 7.12 Å². The number of nitro benzene ring substituents is 1. The van der Waals surface area contributed by atoms with Crippen molar-refractivity contribution in [2.45, 2.75) is 38.9 Å². The Kier molecular flexibility index (Phi) is 3.43. The maximum Gasteiger partial charge on any atom is 0.495 e. The molecule has 6 nitrogen and oxygen atoms in total. The van der Waals surface area contributed by atoms with Crippen molar-refractivity contribution < 1.29 is 19.0 Å². The maximum absolute atomic E-state index is 11.0. The highest BCUT2D eigenvalue weighted by Crippen LogP contribution is 2.36. The van der Waals surface area contributed by atoms with Gasteiger partial charge in [-0.1, -0.05) is 6.07 Å². The first kappa shape index (κ1) is 14.7. The van der Waals surface area contributed by atoms with Crippen LogP contribution in [0.5, 0.6) is 0 Å². The Hall–Kier alpha value is -1.73. The second-order valence-corrected chi connectivity index (χ2v) is 5.78. The lowest BCUT2D eigenvalue weighted by atomic mass is 9.78. The van der Waals surface area contributed by atoms with E-state index < -0.39 is 23.2 Å². The summed E-state index contributed by atoms with van der Waals surface area (Å²) in [5.74, 6) is 0. The van der Waals surface area contributed by atoms with E-state index in [1.165, 1.54) is 12.1 Å². The highest BCUT2D eigenvalue weighted by molar-refractivity contribution is 6.62. The van der Waals surface area contributed by atoms with Crippen molar-refractivity contribution >= 4 is 24.6 Å². The lowest BCUT2D eigenvalue weighted by Gasteiger charge is -2.32. The van der Waals surface area contributed by atoms with Crippen LogP contribution in [-0.2, 0) is 9.31 Å². The van der Waals surface area contributed by atoms with Crippen LogP contribution < -0.4 is 5.46 Å². The second kappa shape index (κ2) is 4.68. The van der Waals surface area contributed by atoms with Crippen molar-refractivity contribution in [3.8, 4) is 0 Å². The zero-order valence-electron chi connectivity index (χ0n) is 11.9. The topological polar surface area (TPSA) is 78.7 Å². The van der Waals surface area contributed by atoms with Gasteiger partial charge in [-0.2, -0.15) is 0 Å². The predicted octanol–water partition coefficient (Wildman–Crippen LogP) is 1.71. The first-order valence-electron chi connectivity index (χ1n) is 6.27. The van der Waals surface area contributed by atoms with Gasteiger partial charge in [-0.25, -0.2) is 0 Å². The molecule has 0 bridgehead atoms. The standard InChI is InChI=1S/C13H16BNO5/c1-12(2)13(3,4)20-14(19-12)10-6-5-9(8-16)11(7-10)15(17)18/h5-8H,1-4H3. The molecule has 1 fully saturated rings. The molecule has 1 heterocycles. The molecule has 0 aliphatic carbocycles. The zero-order chi connectivity index (χ0) is 15.1. The van der Waals surface area contributed by atoms with Crippen LogP contribution in [0, 0.1) is 10.1 Å². The SMILES string of the molecule is CC1(C)OB(c2ccc(C=O)c([N+](=O)[O-])c2)OC1(C)C. The second-order valence-electron chi connectivity index (χ2n) is 5.78. The fourth-order valence-corrected chi connectivity index (χ4v) is 1.94. The molecular formula is C13H16BNO5. The first-order valence-corrected chi connectivity index (χ1v) is 6.27. The van der Waals surface area contributed by atoms with Gasteiger partial charge in [0.15, 0.2) is 6.29 Å². The number of carbonyl (C=O) groups excluding carboxylic acids is 1. The number of hydrogen-bond donors (Lipinski definition) is 0. The minimum Gasteiger partial charge on any atom is -0.399 e. The van der Waals surface area contributed by atoms with E-state index in [0.717, 1.165) is 0 Å². The van der Waals surface area contributed by atoms with Crippen LogP contribution in [0.2, 0.25) is 0 Å². The number of carbonyl (C=O) groups is 1. The maximum atomic E-state index is 11.0. The van der Waals surface area contributed by atoms with Gasteiger partial charge in [-0.15, -0.1) is 0 Å². The smallest absolute Gasteiger partial charge is 0.399 e. The average molecular weight is 277 g/mol. The third-order valence-electron chi connectivity index (χ3n) is 3.90. The number of benzene rings is 1. The summed E-state index contributed by atoms with van der Waals surface area (Å²) in [4.78, 5) is 21.2. The van der Waals surface area contributed by atoms with E-state index in [1.807, 2.05) is 27.7 Å². The molecule has 1 aliphatic heterocycles. The summed E-state index contributed by atoms with van der Waals surface area (Å²) in [6.45, 7) is 7.62. The van der Waals surface area contributed by atoms with Crippen molar-refractivity contribution in [3.05, 3.63) is 33.9 Å². The van der Waals surface area contributed by atoms with Crippen LogP contribution in [0.4, 0.5) is 5.69 Å². The fraction of sp³-hybridized carbons (Fsp3) is 0.462.